The topological polar surface area (TPSA) is 119 Å². The molecule has 20 heavy (non-hydrogen) atoms. The average molecular weight is 297 g/mol. The lowest BCUT2D eigenvalue weighted by molar-refractivity contribution is 0.0833. The van der Waals surface area contributed by atoms with Crippen LogP contribution >= 0.6 is 11.3 Å². The summed E-state index contributed by atoms with van der Waals surface area (Å²) in [5.74, 6) is -0.850. The smallest absolute Gasteiger partial charge is 0.265 e. The van der Waals surface area contributed by atoms with Crippen LogP contribution in [0.3, 0.4) is 0 Å². The quantitative estimate of drug-likeness (QED) is 0.706. The lowest BCUT2D eigenvalue weighted by Gasteiger charge is -2.16. The summed E-state index contributed by atoms with van der Waals surface area (Å²) in [5.41, 5.74) is 17.6. The predicted molar refractivity (Wildman–Crippen MR) is 80.1 cm³/mol. The lowest BCUT2D eigenvalue weighted by atomic mass is 10.2. The number of nitrogen functional groups attached to an aromatic ring is 1. The maximum atomic E-state index is 12.1. The van der Waals surface area contributed by atoms with Gasteiger partial charge in [0.1, 0.15) is 9.88 Å². The van der Waals surface area contributed by atoms with Gasteiger partial charge in [-0.05, 0) is 6.42 Å². The monoisotopic (exact) mass is 297 g/mol. The maximum absolute atomic E-state index is 12.1. The van der Waals surface area contributed by atoms with Gasteiger partial charge in [-0.1, -0.05) is 0 Å². The first-order valence-electron chi connectivity index (χ1n) is 6.27. The molecule has 8 heteroatoms. The number of carbonyl (C=O) groups is 2. The fraction of sp³-hybridized carbons (Fsp3) is 0.500. The second-order valence-corrected chi connectivity index (χ2v) is 6.08. The number of hydrogen-bond donors (Lipinski definition) is 3. The van der Waals surface area contributed by atoms with Gasteiger partial charge < -0.3 is 27.0 Å². The van der Waals surface area contributed by atoms with Crippen molar-refractivity contribution in [1.82, 2.24) is 4.90 Å². The van der Waals surface area contributed by atoms with Crippen molar-refractivity contribution in [3.63, 3.8) is 0 Å². The van der Waals surface area contributed by atoms with E-state index in [1.54, 1.807) is 14.1 Å². The number of hydrogen-bond acceptors (Lipinski definition) is 6. The number of amides is 2. The largest absolute Gasteiger partial charge is 0.397 e. The first kappa shape index (κ1) is 14.6. The summed E-state index contributed by atoms with van der Waals surface area (Å²) in [6, 6.07) is 0.0621. The first-order chi connectivity index (χ1) is 9.32. The van der Waals surface area contributed by atoms with Crippen molar-refractivity contribution in [2.75, 3.05) is 37.8 Å². The highest BCUT2D eigenvalue weighted by atomic mass is 32.1. The van der Waals surface area contributed by atoms with E-state index in [-0.39, 0.29) is 23.2 Å². The van der Waals surface area contributed by atoms with Crippen LogP contribution in [-0.2, 0) is 0 Å². The van der Waals surface area contributed by atoms with Crippen LogP contribution in [0.2, 0.25) is 0 Å². The summed E-state index contributed by atoms with van der Waals surface area (Å²) < 4.78 is 0. The Labute approximate surface area is 121 Å². The summed E-state index contributed by atoms with van der Waals surface area (Å²) in [5, 5.41) is 0.646. The van der Waals surface area contributed by atoms with E-state index < -0.39 is 5.91 Å². The van der Waals surface area contributed by atoms with Crippen LogP contribution in [0.15, 0.2) is 0 Å². The average Bonchev–Trinajstić information content (AvgIpc) is 2.91. The minimum atomic E-state index is -0.618. The van der Waals surface area contributed by atoms with Crippen molar-refractivity contribution < 1.29 is 9.59 Å². The van der Waals surface area contributed by atoms with E-state index in [2.05, 4.69) is 0 Å². The van der Waals surface area contributed by atoms with Crippen LogP contribution in [0.4, 0.5) is 10.7 Å². The van der Waals surface area contributed by atoms with E-state index in [4.69, 9.17) is 17.2 Å². The van der Waals surface area contributed by atoms with Gasteiger partial charge in [0.15, 0.2) is 0 Å². The Kier molecular flexibility index (Phi) is 3.87. The van der Waals surface area contributed by atoms with E-state index in [0.29, 0.717) is 16.4 Å². The number of primary amides is 1. The SMILES string of the molecule is CN(C)C(=O)c1sc(N2CCC(N)C2)c(C(N)=O)c1N. The normalized spacial score (nSPS) is 18.4. The predicted octanol–water partition coefficient (Wildman–Crippen LogP) is -0.332. The summed E-state index contributed by atoms with van der Waals surface area (Å²) in [6.45, 7) is 1.37. The summed E-state index contributed by atoms with van der Waals surface area (Å²) in [7, 11) is 3.27. The molecule has 0 aromatic carbocycles. The number of nitrogens with zero attached hydrogens (tertiary/aromatic N) is 2. The molecule has 1 aliphatic heterocycles. The third-order valence-electron chi connectivity index (χ3n) is 3.29. The zero-order valence-electron chi connectivity index (χ0n) is 11.5. The minimum absolute atomic E-state index is 0.0621. The number of nitrogens with two attached hydrogens (primary N) is 3. The first-order valence-corrected chi connectivity index (χ1v) is 7.08. The van der Waals surface area contributed by atoms with Crippen LogP contribution in [0.1, 0.15) is 26.5 Å². The Bertz CT molecular complexity index is 554. The second-order valence-electron chi connectivity index (χ2n) is 5.08. The van der Waals surface area contributed by atoms with E-state index in [0.717, 1.165) is 13.0 Å². The Morgan fingerprint density at radius 3 is 2.50 bits per heavy atom. The molecule has 1 fully saturated rings. The molecule has 0 spiro atoms. The van der Waals surface area contributed by atoms with Gasteiger partial charge in [-0.15, -0.1) is 11.3 Å². The molecule has 2 rings (SSSR count). The highest BCUT2D eigenvalue weighted by Gasteiger charge is 2.30. The molecule has 2 amide bonds. The van der Waals surface area contributed by atoms with Gasteiger partial charge >= 0.3 is 0 Å². The number of anilines is 2. The van der Waals surface area contributed by atoms with Gasteiger partial charge in [-0.3, -0.25) is 9.59 Å². The number of rotatable bonds is 3. The van der Waals surface area contributed by atoms with Gasteiger partial charge in [-0.2, -0.15) is 0 Å². The fourth-order valence-corrected chi connectivity index (χ4v) is 3.51. The van der Waals surface area contributed by atoms with Crippen molar-refractivity contribution in [3.05, 3.63) is 10.4 Å². The maximum Gasteiger partial charge on any atom is 0.265 e. The van der Waals surface area contributed by atoms with E-state index >= 15 is 0 Å². The summed E-state index contributed by atoms with van der Waals surface area (Å²) >= 11 is 1.20. The van der Waals surface area contributed by atoms with Crippen LogP contribution in [0.5, 0.6) is 0 Å². The van der Waals surface area contributed by atoms with Gasteiger partial charge in [0.25, 0.3) is 11.8 Å². The third kappa shape index (κ3) is 2.44. The highest BCUT2D eigenvalue weighted by molar-refractivity contribution is 7.19. The molecule has 1 unspecified atom stereocenters. The number of carbonyl (C=O) groups excluding carboxylic acids is 2. The molecule has 110 valence electrons. The zero-order chi connectivity index (χ0) is 15.0. The Morgan fingerprint density at radius 2 is 2.05 bits per heavy atom. The molecule has 1 aliphatic rings. The molecule has 1 aromatic heterocycles. The van der Waals surface area contributed by atoms with Gasteiger partial charge in [0.2, 0.25) is 0 Å². The molecule has 0 saturated carbocycles. The van der Waals surface area contributed by atoms with E-state index in [1.807, 2.05) is 4.90 Å². The molecule has 0 aliphatic carbocycles. The highest BCUT2D eigenvalue weighted by Crippen LogP contribution is 2.39. The molecule has 1 aromatic rings. The molecular weight excluding hydrogens is 278 g/mol. The molecular formula is C12H19N5O2S. The molecule has 2 heterocycles. The van der Waals surface area contributed by atoms with Crippen molar-refractivity contribution in [1.29, 1.82) is 0 Å². The molecule has 0 radical (unpaired) electrons. The minimum Gasteiger partial charge on any atom is -0.397 e. The molecule has 7 nitrogen and oxygen atoms in total. The van der Waals surface area contributed by atoms with Crippen LogP contribution < -0.4 is 22.1 Å². The molecule has 1 atom stereocenters. The van der Waals surface area contributed by atoms with Crippen molar-refractivity contribution in [2.45, 2.75) is 12.5 Å². The Hall–Kier alpha value is -1.80. The van der Waals surface area contributed by atoms with Crippen molar-refractivity contribution in [3.8, 4) is 0 Å². The second kappa shape index (κ2) is 5.29. The summed E-state index contributed by atoms with van der Waals surface area (Å²) in [6.07, 6.45) is 0.840. The Balaban J connectivity index is 2.48. The van der Waals surface area contributed by atoms with Gasteiger partial charge in [0, 0.05) is 33.2 Å². The van der Waals surface area contributed by atoms with Gasteiger partial charge in [-0.25, -0.2) is 0 Å². The van der Waals surface area contributed by atoms with Gasteiger partial charge in [0.05, 0.1) is 11.3 Å². The van der Waals surface area contributed by atoms with Crippen molar-refractivity contribution >= 4 is 33.8 Å². The lowest BCUT2D eigenvalue weighted by Crippen LogP contribution is -2.27. The van der Waals surface area contributed by atoms with Crippen molar-refractivity contribution in [2.24, 2.45) is 11.5 Å². The van der Waals surface area contributed by atoms with Crippen LogP contribution in [0.25, 0.3) is 0 Å². The molecule has 6 N–H and O–H groups in total. The zero-order valence-corrected chi connectivity index (χ0v) is 12.4. The number of thiophene rings is 1. The Morgan fingerprint density at radius 1 is 1.40 bits per heavy atom. The molecule has 1 saturated heterocycles. The molecule has 0 bridgehead atoms. The summed E-state index contributed by atoms with van der Waals surface area (Å²) in [4.78, 5) is 27.5. The third-order valence-corrected chi connectivity index (χ3v) is 4.54. The fourth-order valence-electron chi connectivity index (χ4n) is 2.23. The van der Waals surface area contributed by atoms with Crippen LogP contribution in [-0.4, -0.2) is 49.9 Å². The van der Waals surface area contributed by atoms with Crippen LogP contribution in [0, 0.1) is 0 Å². The standard InChI is InChI=1S/C12H19N5O2S/c1-16(2)11(19)9-8(14)7(10(15)18)12(20-9)17-4-3-6(13)5-17/h6H,3-5,13-14H2,1-2H3,(H2,15,18). The van der Waals surface area contributed by atoms with E-state index in [1.165, 1.54) is 16.2 Å². The van der Waals surface area contributed by atoms with E-state index in [9.17, 15) is 9.59 Å².